The summed E-state index contributed by atoms with van der Waals surface area (Å²) in [5, 5.41) is 6.49. The molecule has 5 heteroatoms. The zero-order valence-corrected chi connectivity index (χ0v) is 12.1. The Labute approximate surface area is 111 Å². The Morgan fingerprint density at radius 3 is 2.82 bits per heavy atom. The first-order valence-electron chi connectivity index (χ1n) is 6.00. The number of hydrogen-bond acceptors (Lipinski definition) is 4. The van der Waals surface area contributed by atoms with Gasteiger partial charge in [0.2, 0.25) is 5.95 Å². The molecule has 1 aromatic heterocycles. The molecule has 1 unspecified atom stereocenters. The first-order valence-corrected chi connectivity index (χ1v) is 6.79. The zero-order valence-electron chi connectivity index (χ0n) is 10.5. The smallest absolute Gasteiger partial charge is 0.224 e. The number of rotatable bonds is 3. The van der Waals surface area contributed by atoms with Gasteiger partial charge in [-0.3, -0.25) is 0 Å². The predicted molar refractivity (Wildman–Crippen MR) is 74.3 cm³/mol. The molecule has 4 nitrogen and oxygen atoms in total. The van der Waals surface area contributed by atoms with E-state index in [0.717, 1.165) is 10.3 Å². The van der Waals surface area contributed by atoms with Crippen LogP contribution in [0.5, 0.6) is 0 Å². The lowest BCUT2D eigenvalue weighted by atomic mass is 9.87. The molecule has 0 amide bonds. The van der Waals surface area contributed by atoms with E-state index in [9.17, 15) is 0 Å². The van der Waals surface area contributed by atoms with E-state index in [-0.39, 0.29) is 0 Å². The van der Waals surface area contributed by atoms with Gasteiger partial charge in [0, 0.05) is 19.3 Å². The summed E-state index contributed by atoms with van der Waals surface area (Å²) in [6, 6.07) is 0.485. The summed E-state index contributed by atoms with van der Waals surface area (Å²) in [6.45, 7) is 4.62. The molecule has 0 bridgehead atoms. The molecule has 17 heavy (non-hydrogen) atoms. The summed E-state index contributed by atoms with van der Waals surface area (Å²) < 4.78 is 0.916. The Morgan fingerprint density at radius 1 is 1.47 bits per heavy atom. The van der Waals surface area contributed by atoms with Gasteiger partial charge in [0.1, 0.15) is 5.82 Å². The van der Waals surface area contributed by atoms with Crippen LogP contribution in [0.4, 0.5) is 11.8 Å². The van der Waals surface area contributed by atoms with Crippen LogP contribution in [-0.4, -0.2) is 23.1 Å². The molecule has 1 heterocycles. The van der Waals surface area contributed by atoms with E-state index in [1.165, 1.54) is 19.3 Å². The standard InChI is InChI=1S/C12H19BrN4/c1-12(2)6-4-5-9(12)16-10-8(13)7-15-11(14-3)17-10/h7,9H,4-6H2,1-3H3,(H2,14,15,16,17). The zero-order chi connectivity index (χ0) is 12.5. The van der Waals surface area contributed by atoms with Gasteiger partial charge in [-0.25, -0.2) is 4.98 Å². The van der Waals surface area contributed by atoms with Crippen LogP contribution in [0.25, 0.3) is 0 Å². The molecule has 1 aromatic rings. The van der Waals surface area contributed by atoms with Gasteiger partial charge in [-0.2, -0.15) is 4.98 Å². The first kappa shape index (κ1) is 12.6. The maximum absolute atomic E-state index is 4.44. The summed E-state index contributed by atoms with van der Waals surface area (Å²) in [5.74, 6) is 1.52. The van der Waals surface area contributed by atoms with Crippen LogP contribution in [0.15, 0.2) is 10.7 Å². The van der Waals surface area contributed by atoms with Crippen molar-refractivity contribution in [3.05, 3.63) is 10.7 Å². The fraction of sp³-hybridized carbons (Fsp3) is 0.667. The van der Waals surface area contributed by atoms with Crippen molar-refractivity contribution in [3.63, 3.8) is 0 Å². The number of nitrogens with one attached hydrogen (secondary N) is 2. The molecule has 1 saturated carbocycles. The van der Waals surface area contributed by atoms with Gasteiger partial charge in [0.15, 0.2) is 0 Å². The highest BCUT2D eigenvalue weighted by Gasteiger charge is 2.34. The quantitative estimate of drug-likeness (QED) is 0.899. The second kappa shape index (κ2) is 4.80. The SMILES string of the molecule is CNc1ncc(Br)c(NC2CCCC2(C)C)n1. The molecular formula is C12H19BrN4. The first-order chi connectivity index (χ1) is 8.03. The van der Waals surface area contributed by atoms with Gasteiger partial charge >= 0.3 is 0 Å². The van der Waals surface area contributed by atoms with Crippen LogP contribution in [0.2, 0.25) is 0 Å². The van der Waals surface area contributed by atoms with Crippen molar-refractivity contribution in [1.82, 2.24) is 9.97 Å². The molecule has 1 fully saturated rings. The second-order valence-electron chi connectivity index (χ2n) is 5.22. The Morgan fingerprint density at radius 2 is 2.24 bits per heavy atom. The van der Waals surface area contributed by atoms with Crippen molar-refractivity contribution in [3.8, 4) is 0 Å². The van der Waals surface area contributed by atoms with Gasteiger partial charge in [0.25, 0.3) is 0 Å². The van der Waals surface area contributed by atoms with Crippen LogP contribution in [-0.2, 0) is 0 Å². The Bertz CT molecular complexity index is 405. The second-order valence-corrected chi connectivity index (χ2v) is 6.07. The molecule has 2 N–H and O–H groups in total. The summed E-state index contributed by atoms with van der Waals surface area (Å²) in [5.41, 5.74) is 0.337. The number of hydrogen-bond donors (Lipinski definition) is 2. The van der Waals surface area contributed by atoms with E-state index in [1.807, 2.05) is 7.05 Å². The monoisotopic (exact) mass is 298 g/mol. The molecule has 1 aliphatic carbocycles. The molecule has 1 aliphatic rings. The van der Waals surface area contributed by atoms with Crippen molar-refractivity contribution >= 4 is 27.7 Å². The lowest BCUT2D eigenvalue weighted by Crippen LogP contribution is -2.31. The van der Waals surface area contributed by atoms with Gasteiger partial charge in [-0.05, 0) is 34.2 Å². The Hall–Kier alpha value is -0.840. The van der Waals surface area contributed by atoms with Crippen LogP contribution in [0, 0.1) is 5.41 Å². The number of aromatic nitrogens is 2. The Balaban J connectivity index is 2.18. The average molecular weight is 299 g/mol. The maximum atomic E-state index is 4.44. The molecule has 0 radical (unpaired) electrons. The van der Waals surface area contributed by atoms with Crippen molar-refractivity contribution in [1.29, 1.82) is 0 Å². The highest BCUT2D eigenvalue weighted by Crippen LogP contribution is 2.39. The van der Waals surface area contributed by atoms with Crippen molar-refractivity contribution < 1.29 is 0 Å². The third kappa shape index (κ3) is 2.70. The highest BCUT2D eigenvalue weighted by atomic mass is 79.9. The third-order valence-corrected chi connectivity index (χ3v) is 4.12. The lowest BCUT2D eigenvalue weighted by Gasteiger charge is -2.28. The average Bonchev–Trinajstić information content (AvgIpc) is 2.61. The molecule has 0 aromatic carbocycles. The molecular weight excluding hydrogens is 280 g/mol. The fourth-order valence-electron chi connectivity index (χ4n) is 2.35. The minimum Gasteiger partial charge on any atom is -0.366 e. The largest absolute Gasteiger partial charge is 0.366 e. The van der Waals surface area contributed by atoms with Crippen LogP contribution >= 0.6 is 15.9 Å². The van der Waals surface area contributed by atoms with Crippen molar-refractivity contribution in [2.24, 2.45) is 5.41 Å². The van der Waals surface area contributed by atoms with E-state index in [2.05, 4.69) is 50.4 Å². The van der Waals surface area contributed by atoms with Crippen LogP contribution in [0.3, 0.4) is 0 Å². The predicted octanol–water partition coefficient (Wildman–Crippen LogP) is 3.27. The van der Waals surface area contributed by atoms with Crippen molar-refractivity contribution in [2.45, 2.75) is 39.2 Å². The molecule has 0 spiro atoms. The number of halogens is 1. The number of anilines is 2. The molecule has 0 aliphatic heterocycles. The highest BCUT2D eigenvalue weighted by molar-refractivity contribution is 9.10. The van der Waals surface area contributed by atoms with E-state index in [4.69, 9.17) is 0 Å². The molecule has 0 saturated heterocycles. The van der Waals surface area contributed by atoms with E-state index >= 15 is 0 Å². The van der Waals surface area contributed by atoms with Gasteiger partial charge in [-0.15, -0.1) is 0 Å². The topological polar surface area (TPSA) is 49.8 Å². The van der Waals surface area contributed by atoms with E-state index in [1.54, 1.807) is 6.20 Å². The van der Waals surface area contributed by atoms with Crippen molar-refractivity contribution in [2.75, 3.05) is 17.7 Å². The lowest BCUT2D eigenvalue weighted by molar-refractivity contribution is 0.349. The molecule has 2 rings (SSSR count). The molecule has 1 atom stereocenters. The summed E-state index contributed by atoms with van der Waals surface area (Å²) in [4.78, 5) is 8.60. The minimum atomic E-state index is 0.337. The summed E-state index contributed by atoms with van der Waals surface area (Å²) in [6.07, 6.45) is 5.54. The third-order valence-electron chi connectivity index (χ3n) is 3.54. The van der Waals surface area contributed by atoms with E-state index < -0.39 is 0 Å². The van der Waals surface area contributed by atoms with Crippen LogP contribution < -0.4 is 10.6 Å². The summed E-state index contributed by atoms with van der Waals surface area (Å²) >= 11 is 3.49. The molecule has 94 valence electrons. The normalized spacial score (nSPS) is 22.5. The van der Waals surface area contributed by atoms with E-state index in [0.29, 0.717) is 17.4 Å². The number of nitrogens with zero attached hydrogens (tertiary/aromatic N) is 2. The van der Waals surface area contributed by atoms with Gasteiger partial charge < -0.3 is 10.6 Å². The summed E-state index contributed by atoms with van der Waals surface area (Å²) in [7, 11) is 1.83. The Kier molecular flexibility index (Phi) is 3.56. The van der Waals surface area contributed by atoms with Gasteiger partial charge in [-0.1, -0.05) is 20.3 Å². The fourth-order valence-corrected chi connectivity index (χ4v) is 2.65. The minimum absolute atomic E-state index is 0.337. The maximum Gasteiger partial charge on any atom is 0.224 e. The van der Waals surface area contributed by atoms with Crippen LogP contribution in [0.1, 0.15) is 33.1 Å². The van der Waals surface area contributed by atoms with Gasteiger partial charge in [0.05, 0.1) is 4.47 Å².